The summed E-state index contributed by atoms with van der Waals surface area (Å²) in [6.45, 7) is 1.87. The van der Waals surface area contributed by atoms with Gasteiger partial charge in [-0.25, -0.2) is 0 Å². The van der Waals surface area contributed by atoms with Crippen LogP contribution < -0.4 is 0 Å². The summed E-state index contributed by atoms with van der Waals surface area (Å²) < 4.78 is 1.64. The number of thioether (sulfide) groups is 1. The molecule has 6 nitrogen and oxygen atoms in total. The summed E-state index contributed by atoms with van der Waals surface area (Å²) in [5.74, 6) is 0.0464. The van der Waals surface area contributed by atoms with Crippen molar-refractivity contribution in [3.63, 3.8) is 0 Å². The lowest BCUT2D eigenvalue weighted by Crippen LogP contribution is -2.14. The zero-order valence-electron chi connectivity index (χ0n) is 13.5. The summed E-state index contributed by atoms with van der Waals surface area (Å²) >= 11 is 1.35. The molecule has 4 rings (SSSR count). The van der Waals surface area contributed by atoms with Crippen LogP contribution in [0.1, 0.15) is 17.3 Å². The van der Waals surface area contributed by atoms with E-state index < -0.39 is 0 Å². The molecule has 2 aromatic carbocycles. The van der Waals surface area contributed by atoms with Gasteiger partial charge in [0.15, 0.2) is 5.78 Å². The number of fused-ring (bicyclic) bond motifs is 1. The number of hydrogen-bond donors (Lipinski definition) is 1. The number of aromatic nitrogens is 5. The van der Waals surface area contributed by atoms with Crippen molar-refractivity contribution >= 4 is 28.4 Å². The molecule has 1 atom stereocenters. The van der Waals surface area contributed by atoms with Gasteiger partial charge in [-0.2, -0.15) is 4.68 Å². The van der Waals surface area contributed by atoms with E-state index in [4.69, 9.17) is 0 Å². The third-order valence-electron chi connectivity index (χ3n) is 3.95. The molecule has 1 N–H and O–H groups in total. The van der Waals surface area contributed by atoms with E-state index >= 15 is 0 Å². The van der Waals surface area contributed by atoms with Crippen molar-refractivity contribution in [3.8, 4) is 5.69 Å². The quantitative estimate of drug-likeness (QED) is 0.441. The minimum atomic E-state index is -0.312. The van der Waals surface area contributed by atoms with Gasteiger partial charge in [-0.3, -0.25) is 4.79 Å². The van der Waals surface area contributed by atoms with Gasteiger partial charge >= 0.3 is 0 Å². The van der Waals surface area contributed by atoms with E-state index in [2.05, 4.69) is 20.5 Å². The molecule has 25 heavy (non-hydrogen) atoms. The number of aromatic amines is 1. The van der Waals surface area contributed by atoms with Crippen LogP contribution >= 0.6 is 11.8 Å². The number of H-pyrrole nitrogens is 1. The Morgan fingerprint density at radius 1 is 1.12 bits per heavy atom. The summed E-state index contributed by atoms with van der Waals surface area (Å²) in [5.41, 5.74) is 2.51. The van der Waals surface area contributed by atoms with Crippen LogP contribution in [0.5, 0.6) is 0 Å². The monoisotopic (exact) mass is 349 g/mol. The molecule has 0 bridgehead atoms. The zero-order chi connectivity index (χ0) is 17.2. The second-order valence-corrected chi connectivity index (χ2v) is 6.89. The van der Waals surface area contributed by atoms with E-state index in [-0.39, 0.29) is 11.0 Å². The number of rotatable bonds is 5. The van der Waals surface area contributed by atoms with Gasteiger partial charge in [-0.1, -0.05) is 48.2 Å². The van der Waals surface area contributed by atoms with Crippen molar-refractivity contribution in [1.82, 2.24) is 25.2 Å². The van der Waals surface area contributed by atoms with Gasteiger partial charge in [0.2, 0.25) is 5.16 Å². The fourth-order valence-corrected chi connectivity index (χ4v) is 3.57. The Morgan fingerprint density at radius 2 is 1.88 bits per heavy atom. The molecule has 1 unspecified atom stereocenters. The Labute approximate surface area is 148 Å². The number of hydrogen-bond acceptors (Lipinski definition) is 5. The number of nitrogens with one attached hydrogen (secondary N) is 1. The average Bonchev–Trinajstić information content (AvgIpc) is 3.28. The molecule has 2 heterocycles. The van der Waals surface area contributed by atoms with Crippen molar-refractivity contribution in [2.45, 2.75) is 17.3 Å². The lowest BCUT2D eigenvalue weighted by atomic mass is 10.1. The summed E-state index contributed by atoms with van der Waals surface area (Å²) in [6, 6.07) is 17.4. The zero-order valence-corrected chi connectivity index (χ0v) is 14.3. The Balaban J connectivity index is 1.60. The number of para-hydroxylation sites is 2. The third-order valence-corrected chi connectivity index (χ3v) is 4.98. The average molecular weight is 349 g/mol. The first kappa shape index (κ1) is 15.6. The molecule has 0 aliphatic carbocycles. The number of benzene rings is 2. The topological polar surface area (TPSA) is 76.5 Å². The first-order valence-corrected chi connectivity index (χ1v) is 8.73. The van der Waals surface area contributed by atoms with Crippen LogP contribution in [-0.2, 0) is 0 Å². The molecular weight excluding hydrogens is 334 g/mol. The number of carbonyl (C=O) groups excluding carboxylic acids is 1. The Morgan fingerprint density at radius 3 is 2.72 bits per heavy atom. The summed E-state index contributed by atoms with van der Waals surface area (Å²) in [7, 11) is 0. The van der Waals surface area contributed by atoms with E-state index in [0.717, 1.165) is 16.6 Å². The Hall–Kier alpha value is -2.93. The molecule has 0 saturated carbocycles. The van der Waals surface area contributed by atoms with Gasteiger partial charge in [0.05, 0.1) is 10.9 Å². The second kappa shape index (κ2) is 6.52. The maximum Gasteiger partial charge on any atom is 0.214 e. The summed E-state index contributed by atoms with van der Waals surface area (Å²) in [4.78, 5) is 16.0. The van der Waals surface area contributed by atoms with Gasteiger partial charge in [-0.05, 0) is 35.5 Å². The molecular formula is C18H15N5OS. The molecule has 4 aromatic rings. The number of tetrazole rings is 1. The second-order valence-electron chi connectivity index (χ2n) is 5.58. The Kier molecular flexibility index (Phi) is 4.07. The molecule has 7 heteroatoms. The lowest BCUT2D eigenvalue weighted by Gasteiger charge is -2.09. The predicted octanol–water partition coefficient (Wildman–Crippen LogP) is 3.51. The summed E-state index contributed by atoms with van der Waals surface area (Å²) in [5, 5.41) is 13.1. The van der Waals surface area contributed by atoms with Crippen LogP contribution in [0, 0.1) is 0 Å². The fraction of sp³-hybridized carbons (Fsp3) is 0.111. The minimum Gasteiger partial charge on any atom is -0.360 e. The lowest BCUT2D eigenvalue weighted by molar-refractivity contribution is 0.0995. The maximum absolute atomic E-state index is 12.9. The van der Waals surface area contributed by atoms with Gasteiger partial charge < -0.3 is 4.98 Å². The molecule has 124 valence electrons. The van der Waals surface area contributed by atoms with E-state index in [1.54, 1.807) is 10.9 Å². The van der Waals surface area contributed by atoms with Gasteiger partial charge in [0.25, 0.3) is 0 Å². The minimum absolute atomic E-state index is 0.0464. The largest absolute Gasteiger partial charge is 0.360 e. The molecule has 0 amide bonds. The molecule has 2 aromatic heterocycles. The highest BCUT2D eigenvalue weighted by Crippen LogP contribution is 2.27. The molecule has 0 fully saturated rings. The van der Waals surface area contributed by atoms with Gasteiger partial charge in [0.1, 0.15) is 0 Å². The third kappa shape index (κ3) is 2.94. The number of nitrogens with zero attached hydrogens (tertiary/aromatic N) is 4. The highest BCUT2D eigenvalue weighted by atomic mass is 32.2. The smallest absolute Gasteiger partial charge is 0.214 e. The number of carbonyl (C=O) groups is 1. The van der Waals surface area contributed by atoms with Crippen molar-refractivity contribution in [2.75, 3.05) is 0 Å². The van der Waals surface area contributed by atoms with Gasteiger partial charge in [0, 0.05) is 22.7 Å². The first-order valence-electron chi connectivity index (χ1n) is 7.85. The normalized spacial score (nSPS) is 12.4. The summed E-state index contributed by atoms with van der Waals surface area (Å²) in [6.07, 6.45) is 1.77. The van der Waals surface area contributed by atoms with Crippen LogP contribution in [0.4, 0.5) is 0 Å². The van der Waals surface area contributed by atoms with Crippen LogP contribution in [0.3, 0.4) is 0 Å². The molecule has 0 saturated heterocycles. The van der Waals surface area contributed by atoms with Crippen molar-refractivity contribution in [2.24, 2.45) is 0 Å². The van der Waals surface area contributed by atoms with E-state index in [0.29, 0.717) is 10.7 Å². The molecule has 0 aliphatic rings. The molecule has 0 radical (unpaired) electrons. The molecule has 0 spiro atoms. The van der Waals surface area contributed by atoms with Crippen LogP contribution in [0.15, 0.2) is 66.0 Å². The van der Waals surface area contributed by atoms with E-state index in [9.17, 15) is 4.79 Å². The van der Waals surface area contributed by atoms with Crippen molar-refractivity contribution < 1.29 is 4.79 Å². The first-order chi connectivity index (χ1) is 12.2. The Bertz CT molecular complexity index is 1020. The van der Waals surface area contributed by atoms with Crippen LogP contribution in [0.25, 0.3) is 16.6 Å². The predicted molar refractivity (Wildman–Crippen MR) is 97.1 cm³/mol. The SMILES string of the molecule is CC(Sc1nnnn1-c1ccccc1)C(=O)c1c[nH]c2ccccc12. The van der Waals surface area contributed by atoms with Gasteiger partial charge in [-0.15, -0.1) is 5.10 Å². The van der Waals surface area contributed by atoms with Crippen LogP contribution in [0.2, 0.25) is 0 Å². The fourth-order valence-electron chi connectivity index (χ4n) is 2.69. The van der Waals surface area contributed by atoms with Crippen LogP contribution in [-0.4, -0.2) is 36.2 Å². The van der Waals surface area contributed by atoms with Crippen molar-refractivity contribution in [1.29, 1.82) is 0 Å². The van der Waals surface area contributed by atoms with E-state index in [1.165, 1.54) is 11.8 Å². The molecule has 0 aliphatic heterocycles. The highest BCUT2D eigenvalue weighted by molar-refractivity contribution is 8.00. The number of Topliss-reactive ketones (excluding diaryl/α,β-unsaturated/α-hetero) is 1. The standard InChI is InChI=1S/C18H15N5OS/c1-12(17(24)15-11-19-16-10-6-5-9-14(15)16)25-18-20-21-22-23(18)13-7-3-2-4-8-13/h2-12,19H,1H3. The highest BCUT2D eigenvalue weighted by Gasteiger charge is 2.22. The van der Waals surface area contributed by atoms with E-state index in [1.807, 2.05) is 61.5 Å². The van der Waals surface area contributed by atoms with Crippen molar-refractivity contribution in [3.05, 3.63) is 66.4 Å². The maximum atomic E-state index is 12.9. The number of ketones is 1.